The molecule has 0 aliphatic heterocycles. The van der Waals surface area contributed by atoms with Crippen molar-refractivity contribution in [1.29, 1.82) is 0 Å². The number of alkyl halides is 3. The average Bonchev–Trinajstić information content (AvgIpc) is 2.57. The molecule has 1 aromatic carbocycles. The molecular formula is C16H18F3N3O3S. The second-order valence-electron chi connectivity index (χ2n) is 5.57. The lowest BCUT2D eigenvalue weighted by Gasteiger charge is -2.18. The van der Waals surface area contributed by atoms with Gasteiger partial charge in [0.15, 0.2) is 5.16 Å². The van der Waals surface area contributed by atoms with E-state index in [1.807, 2.05) is 0 Å². The molecule has 0 aliphatic carbocycles. The smallest absolute Gasteiger partial charge is 0.383 e. The lowest BCUT2D eigenvalue weighted by Crippen LogP contribution is -2.35. The summed E-state index contributed by atoms with van der Waals surface area (Å²) in [5.41, 5.74) is 0.162. The zero-order valence-corrected chi connectivity index (χ0v) is 15.0. The van der Waals surface area contributed by atoms with Crippen LogP contribution in [0.25, 0.3) is 10.9 Å². The molecule has 1 N–H and O–H groups in total. The zero-order valence-electron chi connectivity index (χ0n) is 14.2. The van der Waals surface area contributed by atoms with Crippen LogP contribution in [-0.4, -0.2) is 47.6 Å². The van der Waals surface area contributed by atoms with Gasteiger partial charge >= 0.3 is 6.18 Å². The van der Waals surface area contributed by atoms with Gasteiger partial charge in [0.25, 0.3) is 5.56 Å². The van der Waals surface area contributed by atoms with E-state index in [2.05, 4.69) is 4.98 Å². The lowest BCUT2D eigenvalue weighted by molar-refractivity contribution is -0.136. The predicted molar refractivity (Wildman–Crippen MR) is 92.4 cm³/mol. The van der Waals surface area contributed by atoms with E-state index >= 15 is 0 Å². The number of para-hydroxylation sites is 1. The molecular weight excluding hydrogens is 371 g/mol. The molecule has 0 saturated heterocycles. The Morgan fingerprint density at radius 1 is 1.38 bits per heavy atom. The second kappa shape index (κ2) is 8.54. The molecule has 1 atom stereocenters. The SMILES string of the molecule is COC[C@@H](C)n1c(SCC(=O)NCC(F)(F)F)nc2ccccc2c1=O. The van der Waals surface area contributed by atoms with Crippen molar-refractivity contribution in [3.05, 3.63) is 34.6 Å². The summed E-state index contributed by atoms with van der Waals surface area (Å²) in [5.74, 6) is -1.08. The molecule has 10 heteroatoms. The summed E-state index contributed by atoms with van der Waals surface area (Å²) in [6.45, 7) is 0.604. The molecule has 2 aromatic rings. The van der Waals surface area contributed by atoms with Crippen LogP contribution in [0.1, 0.15) is 13.0 Å². The fourth-order valence-electron chi connectivity index (χ4n) is 2.31. The van der Waals surface area contributed by atoms with Crippen molar-refractivity contribution in [3.63, 3.8) is 0 Å². The van der Waals surface area contributed by atoms with Crippen LogP contribution in [0.5, 0.6) is 0 Å². The van der Waals surface area contributed by atoms with Crippen LogP contribution in [0.2, 0.25) is 0 Å². The Morgan fingerprint density at radius 2 is 2.08 bits per heavy atom. The van der Waals surface area contributed by atoms with E-state index in [0.29, 0.717) is 10.9 Å². The van der Waals surface area contributed by atoms with E-state index in [9.17, 15) is 22.8 Å². The van der Waals surface area contributed by atoms with Crippen LogP contribution in [0.15, 0.2) is 34.2 Å². The normalized spacial score (nSPS) is 13.0. The Hall–Kier alpha value is -2.07. The topological polar surface area (TPSA) is 73.2 Å². The largest absolute Gasteiger partial charge is 0.405 e. The number of fused-ring (bicyclic) bond motifs is 1. The minimum atomic E-state index is -4.48. The molecule has 6 nitrogen and oxygen atoms in total. The molecule has 142 valence electrons. The number of benzene rings is 1. The van der Waals surface area contributed by atoms with Gasteiger partial charge in [-0.2, -0.15) is 13.2 Å². The van der Waals surface area contributed by atoms with Crippen LogP contribution >= 0.6 is 11.8 Å². The first-order chi connectivity index (χ1) is 12.2. The Kier molecular flexibility index (Phi) is 6.65. The van der Waals surface area contributed by atoms with E-state index in [1.54, 1.807) is 36.5 Å². The summed E-state index contributed by atoms with van der Waals surface area (Å²) in [6, 6.07) is 6.39. The molecule has 0 bridgehead atoms. The Labute approximate surface area is 151 Å². The first kappa shape index (κ1) is 20.2. The highest BCUT2D eigenvalue weighted by atomic mass is 32.2. The van der Waals surface area contributed by atoms with Crippen LogP contribution in [0.3, 0.4) is 0 Å². The van der Waals surface area contributed by atoms with Crippen molar-refractivity contribution in [2.75, 3.05) is 26.0 Å². The van der Waals surface area contributed by atoms with Crippen LogP contribution in [-0.2, 0) is 9.53 Å². The van der Waals surface area contributed by atoms with Gasteiger partial charge in [0.05, 0.1) is 29.3 Å². The number of carbonyl (C=O) groups is 1. The number of methoxy groups -OCH3 is 1. The van der Waals surface area contributed by atoms with Gasteiger partial charge in [-0.25, -0.2) is 4.98 Å². The average molecular weight is 389 g/mol. The molecule has 0 fully saturated rings. The Morgan fingerprint density at radius 3 is 2.73 bits per heavy atom. The molecule has 0 spiro atoms. The summed E-state index contributed by atoms with van der Waals surface area (Å²) >= 11 is 0.906. The number of thioether (sulfide) groups is 1. The van der Waals surface area contributed by atoms with Gasteiger partial charge in [-0.1, -0.05) is 23.9 Å². The maximum atomic E-state index is 12.8. The number of carbonyl (C=O) groups excluding carboxylic acids is 1. The summed E-state index contributed by atoms with van der Waals surface area (Å²) in [4.78, 5) is 28.8. The monoisotopic (exact) mass is 389 g/mol. The number of hydrogen-bond donors (Lipinski definition) is 1. The summed E-state index contributed by atoms with van der Waals surface area (Å²) in [6.07, 6.45) is -4.48. The fourth-order valence-corrected chi connectivity index (χ4v) is 3.24. The summed E-state index contributed by atoms with van der Waals surface area (Å²) in [7, 11) is 1.49. The highest BCUT2D eigenvalue weighted by Crippen LogP contribution is 2.21. The standard InChI is InChI=1S/C16H18F3N3O3S/c1-10(7-25-2)22-14(24)11-5-3-4-6-12(11)21-15(22)26-8-13(23)20-9-16(17,18)19/h3-6,10H,7-9H2,1-2H3,(H,20,23)/t10-/m1/s1. The van der Waals surface area contributed by atoms with Gasteiger partial charge in [-0.15, -0.1) is 0 Å². The Balaban J connectivity index is 2.28. The van der Waals surface area contributed by atoms with Crippen molar-refractivity contribution in [1.82, 2.24) is 14.9 Å². The van der Waals surface area contributed by atoms with Crippen molar-refractivity contribution in [2.45, 2.75) is 24.3 Å². The highest BCUT2D eigenvalue weighted by molar-refractivity contribution is 7.99. The van der Waals surface area contributed by atoms with Gasteiger partial charge in [0.1, 0.15) is 6.54 Å². The zero-order chi connectivity index (χ0) is 19.3. The maximum Gasteiger partial charge on any atom is 0.405 e. The van der Waals surface area contributed by atoms with Crippen molar-refractivity contribution < 1.29 is 22.7 Å². The molecule has 2 rings (SSSR count). The maximum absolute atomic E-state index is 12.8. The number of ether oxygens (including phenoxy) is 1. The predicted octanol–water partition coefficient (Wildman–Crippen LogP) is 2.37. The van der Waals surface area contributed by atoms with Gasteiger partial charge in [-0.3, -0.25) is 14.2 Å². The van der Waals surface area contributed by atoms with E-state index < -0.39 is 18.6 Å². The molecule has 0 aliphatic rings. The van der Waals surface area contributed by atoms with Crippen LogP contribution in [0.4, 0.5) is 13.2 Å². The summed E-state index contributed by atoms with van der Waals surface area (Å²) < 4.78 is 43.0. The Bertz CT molecular complexity index is 839. The first-order valence-electron chi connectivity index (χ1n) is 7.69. The van der Waals surface area contributed by atoms with Gasteiger partial charge in [-0.05, 0) is 19.1 Å². The minimum Gasteiger partial charge on any atom is -0.383 e. The number of nitrogens with zero attached hydrogens (tertiary/aromatic N) is 2. The van der Waals surface area contributed by atoms with E-state index in [-0.39, 0.29) is 29.1 Å². The quantitative estimate of drug-likeness (QED) is 0.581. The fraction of sp³-hybridized carbons (Fsp3) is 0.438. The van der Waals surface area contributed by atoms with Crippen molar-refractivity contribution in [3.8, 4) is 0 Å². The third-order valence-electron chi connectivity index (χ3n) is 3.44. The van der Waals surface area contributed by atoms with E-state index in [1.165, 1.54) is 11.7 Å². The second-order valence-corrected chi connectivity index (χ2v) is 6.51. The molecule has 26 heavy (non-hydrogen) atoms. The lowest BCUT2D eigenvalue weighted by atomic mass is 10.2. The van der Waals surface area contributed by atoms with Gasteiger partial charge < -0.3 is 10.1 Å². The van der Waals surface area contributed by atoms with Crippen molar-refractivity contribution in [2.24, 2.45) is 0 Å². The number of hydrogen-bond acceptors (Lipinski definition) is 5. The number of amides is 1. The van der Waals surface area contributed by atoms with Crippen LogP contribution in [0, 0.1) is 0 Å². The van der Waals surface area contributed by atoms with E-state index in [0.717, 1.165) is 11.8 Å². The molecule has 0 radical (unpaired) electrons. The van der Waals surface area contributed by atoms with E-state index in [4.69, 9.17) is 4.74 Å². The first-order valence-corrected chi connectivity index (χ1v) is 8.68. The summed E-state index contributed by atoms with van der Waals surface area (Å²) in [5, 5.41) is 2.46. The molecule has 1 heterocycles. The number of halogens is 3. The third kappa shape index (κ3) is 5.21. The highest BCUT2D eigenvalue weighted by Gasteiger charge is 2.27. The van der Waals surface area contributed by atoms with Gasteiger partial charge in [0.2, 0.25) is 5.91 Å². The van der Waals surface area contributed by atoms with Crippen LogP contribution < -0.4 is 10.9 Å². The van der Waals surface area contributed by atoms with Gasteiger partial charge in [0, 0.05) is 7.11 Å². The minimum absolute atomic E-state index is 0.244. The number of nitrogens with one attached hydrogen (secondary N) is 1. The number of rotatable bonds is 7. The number of aromatic nitrogens is 2. The molecule has 1 aromatic heterocycles. The molecule has 0 saturated carbocycles. The molecule has 0 unspecified atom stereocenters. The third-order valence-corrected chi connectivity index (χ3v) is 4.40. The van der Waals surface area contributed by atoms with Crippen molar-refractivity contribution >= 4 is 28.6 Å². The molecule has 1 amide bonds.